The summed E-state index contributed by atoms with van der Waals surface area (Å²) in [5.74, 6) is -0.368. The van der Waals surface area contributed by atoms with E-state index in [1.165, 1.54) is 6.33 Å². The number of piperazine rings is 1. The van der Waals surface area contributed by atoms with Crippen molar-refractivity contribution < 1.29 is 9.18 Å². The molecule has 1 aromatic carbocycles. The SMILES string of the molecule is Nc1ccc(N2CCN(C=O)CC2)c(F)c1-n1ccnc1. The fraction of sp³-hybridized carbons (Fsp3) is 0.286. The van der Waals surface area contributed by atoms with Crippen LogP contribution in [0.15, 0.2) is 30.9 Å². The molecule has 0 atom stereocenters. The molecule has 1 aliphatic rings. The number of amides is 1. The summed E-state index contributed by atoms with van der Waals surface area (Å²) in [6, 6.07) is 3.38. The molecule has 7 heteroatoms. The van der Waals surface area contributed by atoms with E-state index in [4.69, 9.17) is 5.73 Å². The van der Waals surface area contributed by atoms with Crippen molar-refractivity contribution in [3.63, 3.8) is 0 Å². The van der Waals surface area contributed by atoms with Gasteiger partial charge in [0.25, 0.3) is 0 Å². The Morgan fingerprint density at radius 1 is 1.24 bits per heavy atom. The fourth-order valence-corrected chi connectivity index (χ4v) is 2.54. The van der Waals surface area contributed by atoms with Crippen LogP contribution in [0.5, 0.6) is 0 Å². The third-order valence-electron chi connectivity index (χ3n) is 3.69. The second-order valence-electron chi connectivity index (χ2n) is 4.93. The Hall–Kier alpha value is -2.57. The Bertz CT molecular complexity index is 635. The molecule has 0 aliphatic carbocycles. The summed E-state index contributed by atoms with van der Waals surface area (Å²) in [7, 11) is 0. The quantitative estimate of drug-likeness (QED) is 0.672. The molecule has 0 saturated carbocycles. The Labute approximate surface area is 121 Å². The van der Waals surface area contributed by atoms with Gasteiger partial charge in [0.2, 0.25) is 6.41 Å². The van der Waals surface area contributed by atoms with E-state index in [1.807, 2.05) is 4.90 Å². The molecule has 0 spiro atoms. The fourth-order valence-electron chi connectivity index (χ4n) is 2.54. The average Bonchev–Trinajstić information content (AvgIpc) is 3.02. The van der Waals surface area contributed by atoms with Crippen molar-refractivity contribution in [3.8, 4) is 5.69 Å². The van der Waals surface area contributed by atoms with Crippen LogP contribution in [-0.4, -0.2) is 47.0 Å². The molecule has 1 saturated heterocycles. The van der Waals surface area contributed by atoms with E-state index in [2.05, 4.69) is 4.98 Å². The molecule has 3 rings (SSSR count). The van der Waals surface area contributed by atoms with E-state index in [0.29, 0.717) is 43.2 Å². The lowest BCUT2D eigenvalue weighted by Gasteiger charge is -2.34. The van der Waals surface area contributed by atoms with Crippen LogP contribution in [0.2, 0.25) is 0 Å². The summed E-state index contributed by atoms with van der Waals surface area (Å²) in [5.41, 5.74) is 7.06. The number of hydrogen-bond donors (Lipinski definition) is 1. The van der Waals surface area contributed by atoms with Crippen LogP contribution >= 0.6 is 0 Å². The number of anilines is 2. The van der Waals surface area contributed by atoms with Gasteiger partial charge in [-0.15, -0.1) is 0 Å². The summed E-state index contributed by atoms with van der Waals surface area (Å²) < 4.78 is 16.4. The average molecular weight is 289 g/mol. The number of nitrogens with two attached hydrogens (primary N) is 1. The number of nitrogens with zero attached hydrogens (tertiary/aromatic N) is 4. The lowest BCUT2D eigenvalue weighted by Crippen LogP contribution is -2.46. The third-order valence-corrected chi connectivity index (χ3v) is 3.69. The minimum absolute atomic E-state index is 0.308. The van der Waals surface area contributed by atoms with Gasteiger partial charge in [0.15, 0.2) is 5.82 Å². The second kappa shape index (κ2) is 5.43. The molecule has 2 heterocycles. The maximum atomic E-state index is 14.8. The Morgan fingerprint density at radius 3 is 2.62 bits per heavy atom. The van der Waals surface area contributed by atoms with Crippen LogP contribution in [-0.2, 0) is 4.79 Å². The van der Waals surface area contributed by atoms with Gasteiger partial charge in [-0.3, -0.25) is 4.79 Å². The van der Waals surface area contributed by atoms with Crippen LogP contribution in [0.1, 0.15) is 0 Å². The van der Waals surface area contributed by atoms with Crippen LogP contribution in [0.25, 0.3) is 5.69 Å². The molecule has 1 fully saturated rings. The molecule has 2 N–H and O–H groups in total. The molecule has 1 amide bonds. The number of imidazole rings is 1. The number of carbonyl (C=O) groups is 1. The zero-order valence-electron chi connectivity index (χ0n) is 11.4. The van der Waals surface area contributed by atoms with Crippen LogP contribution in [0.3, 0.4) is 0 Å². The lowest BCUT2D eigenvalue weighted by atomic mass is 10.2. The molecular weight excluding hydrogens is 273 g/mol. The summed E-state index contributed by atoms with van der Waals surface area (Å²) >= 11 is 0. The normalized spacial score (nSPS) is 15.3. The third kappa shape index (κ3) is 2.42. The largest absolute Gasteiger partial charge is 0.397 e. The first kappa shape index (κ1) is 13.4. The minimum atomic E-state index is -0.368. The van der Waals surface area contributed by atoms with Gasteiger partial charge in [0.1, 0.15) is 5.69 Å². The molecule has 1 aliphatic heterocycles. The lowest BCUT2D eigenvalue weighted by molar-refractivity contribution is -0.118. The number of hydrogen-bond acceptors (Lipinski definition) is 4. The maximum absolute atomic E-state index is 14.8. The van der Waals surface area contributed by atoms with Gasteiger partial charge < -0.3 is 20.1 Å². The van der Waals surface area contributed by atoms with Crippen molar-refractivity contribution >= 4 is 17.8 Å². The summed E-state index contributed by atoms with van der Waals surface area (Å²) in [5, 5.41) is 0. The summed E-state index contributed by atoms with van der Waals surface area (Å²) in [4.78, 5) is 18.3. The van der Waals surface area contributed by atoms with Crippen LogP contribution in [0, 0.1) is 5.82 Å². The van der Waals surface area contributed by atoms with Crippen LogP contribution < -0.4 is 10.6 Å². The van der Waals surface area contributed by atoms with Gasteiger partial charge in [-0.05, 0) is 12.1 Å². The molecular formula is C14H16FN5O. The van der Waals surface area contributed by atoms with E-state index in [9.17, 15) is 9.18 Å². The number of benzene rings is 1. The molecule has 0 bridgehead atoms. The number of aromatic nitrogens is 2. The highest BCUT2D eigenvalue weighted by molar-refractivity contribution is 5.67. The van der Waals surface area contributed by atoms with Crippen molar-refractivity contribution in [2.24, 2.45) is 0 Å². The van der Waals surface area contributed by atoms with Crippen molar-refractivity contribution in [2.75, 3.05) is 36.8 Å². The first-order chi connectivity index (χ1) is 10.2. The zero-order valence-corrected chi connectivity index (χ0v) is 11.4. The minimum Gasteiger partial charge on any atom is -0.397 e. The number of nitrogen functional groups attached to an aromatic ring is 1. The molecule has 6 nitrogen and oxygen atoms in total. The number of rotatable bonds is 3. The van der Waals surface area contributed by atoms with Crippen molar-refractivity contribution in [1.29, 1.82) is 0 Å². The van der Waals surface area contributed by atoms with E-state index in [1.54, 1.807) is 34.0 Å². The Balaban J connectivity index is 1.94. The van der Waals surface area contributed by atoms with Crippen molar-refractivity contribution in [2.45, 2.75) is 0 Å². The number of carbonyl (C=O) groups excluding carboxylic acids is 1. The standard InChI is InChI=1S/C14H16FN5O/c15-13-12(19-7-5-18(10-21)6-8-19)2-1-11(16)14(13)20-4-3-17-9-20/h1-4,9-10H,5-8,16H2. The molecule has 1 aromatic heterocycles. The predicted octanol–water partition coefficient (Wildman–Crippen LogP) is 0.872. The van der Waals surface area contributed by atoms with E-state index >= 15 is 0 Å². The zero-order chi connectivity index (χ0) is 14.8. The summed E-state index contributed by atoms with van der Waals surface area (Å²) in [6.45, 7) is 2.38. The predicted molar refractivity (Wildman–Crippen MR) is 77.8 cm³/mol. The van der Waals surface area contributed by atoms with E-state index in [0.717, 1.165) is 6.41 Å². The molecule has 0 unspecified atom stereocenters. The molecule has 21 heavy (non-hydrogen) atoms. The summed E-state index contributed by atoms with van der Waals surface area (Å²) in [6.07, 6.45) is 5.58. The van der Waals surface area contributed by atoms with Crippen molar-refractivity contribution in [3.05, 3.63) is 36.7 Å². The van der Waals surface area contributed by atoms with Gasteiger partial charge in [0, 0.05) is 38.6 Å². The molecule has 0 radical (unpaired) electrons. The van der Waals surface area contributed by atoms with Crippen LogP contribution in [0.4, 0.5) is 15.8 Å². The number of halogens is 1. The monoisotopic (exact) mass is 289 g/mol. The highest BCUT2D eigenvalue weighted by Gasteiger charge is 2.21. The van der Waals surface area contributed by atoms with Gasteiger partial charge in [-0.2, -0.15) is 0 Å². The van der Waals surface area contributed by atoms with Gasteiger partial charge in [0.05, 0.1) is 17.7 Å². The second-order valence-corrected chi connectivity index (χ2v) is 4.93. The van der Waals surface area contributed by atoms with Gasteiger partial charge in [-0.25, -0.2) is 9.37 Å². The van der Waals surface area contributed by atoms with Gasteiger partial charge >= 0.3 is 0 Å². The first-order valence-corrected chi connectivity index (χ1v) is 6.71. The van der Waals surface area contributed by atoms with E-state index in [-0.39, 0.29) is 5.82 Å². The highest BCUT2D eigenvalue weighted by atomic mass is 19.1. The Kier molecular flexibility index (Phi) is 3.47. The Morgan fingerprint density at radius 2 is 2.00 bits per heavy atom. The topological polar surface area (TPSA) is 67.4 Å². The highest BCUT2D eigenvalue weighted by Crippen LogP contribution is 2.30. The van der Waals surface area contributed by atoms with Gasteiger partial charge in [-0.1, -0.05) is 0 Å². The molecule has 2 aromatic rings. The maximum Gasteiger partial charge on any atom is 0.209 e. The van der Waals surface area contributed by atoms with Crippen molar-refractivity contribution in [1.82, 2.24) is 14.5 Å². The first-order valence-electron chi connectivity index (χ1n) is 6.71. The van der Waals surface area contributed by atoms with E-state index < -0.39 is 0 Å². The molecule has 110 valence electrons. The smallest absolute Gasteiger partial charge is 0.209 e.